The normalized spacial score (nSPS) is 10.4. The van der Waals surface area contributed by atoms with Crippen LogP contribution in [0.5, 0.6) is 11.6 Å². The van der Waals surface area contributed by atoms with Crippen molar-refractivity contribution in [3.63, 3.8) is 0 Å². The van der Waals surface area contributed by atoms with E-state index in [-0.39, 0.29) is 5.91 Å². The summed E-state index contributed by atoms with van der Waals surface area (Å²) >= 11 is 1.70. The maximum Gasteiger partial charge on any atom is 0.254 e. The average molecular weight is 338 g/mol. The van der Waals surface area contributed by atoms with Crippen LogP contribution < -0.4 is 4.74 Å². The molecule has 0 radical (unpaired) electrons. The second-order valence-electron chi connectivity index (χ2n) is 5.47. The summed E-state index contributed by atoms with van der Waals surface area (Å²) in [6.45, 7) is 2.65. The second kappa shape index (κ2) is 7.27. The monoisotopic (exact) mass is 338 g/mol. The van der Waals surface area contributed by atoms with E-state index in [1.54, 1.807) is 41.6 Å². The lowest BCUT2D eigenvalue weighted by molar-refractivity contribution is 0.0786. The molecule has 5 heteroatoms. The van der Waals surface area contributed by atoms with Gasteiger partial charge in [0.05, 0.1) is 6.54 Å². The standard InChI is InChI=1S/C19H18N2O2S/c1-14-8-9-17(24-14)13-21(2)19(22)15-10-11-20-18(12-15)23-16-6-4-3-5-7-16/h3-12H,13H2,1-2H3. The zero-order chi connectivity index (χ0) is 16.9. The van der Waals surface area contributed by atoms with Crippen LogP contribution in [0.3, 0.4) is 0 Å². The number of benzene rings is 1. The van der Waals surface area contributed by atoms with Gasteiger partial charge in [0.15, 0.2) is 0 Å². The Hall–Kier alpha value is -2.66. The SMILES string of the molecule is Cc1ccc(CN(C)C(=O)c2ccnc(Oc3ccccc3)c2)s1. The molecule has 1 aromatic carbocycles. The first kappa shape index (κ1) is 16.2. The molecule has 0 aliphatic rings. The summed E-state index contributed by atoms with van der Waals surface area (Å²) in [5.74, 6) is 1.05. The smallest absolute Gasteiger partial charge is 0.254 e. The van der Waals surface area contributed by atoms with Crippen molar-refractivity contribution < 1.29 is 9.53 Å². The van der Waals surface area contributed by atoms with E-state index in [4.69, 9.17) is 4.74 Å². The Balaban J connectivity index is 1.71. The summed E-state index contributed by atoms with van der Waals surface area (Å²) in [6.07, 6.45) is 1.59. The Bertz CT molecular complexity index is 830. The lowest BCUT2D eigenvalue weighted by Gasteiger charge is -2.16. The third kappa shape index (κ3) is 4.00. The predicted molar refractivity (Wildman–Crippen MR) is 95.6 cm³/mol. The number of amides is 1. The minimum atomic E-state index is -0.0543. The van der Waals surface area contributed by atoms with Gasteiger partial charge in [-0.05, 0) is 37.3 Å². The molecule has 0 spiro atoms. The van der Waals surface area contributed by atoms with Crippen molar-refractivity contribution in [2.75, 3.05) is 7.05 Å². The van der Waals surface area contributed by atoms with Gasteiger partial charge < -0.3 is 9.64 Å². The number of aromatic nitrogens is 1. The first-order chi connectivity index (χ1) is 11.6. The Labute approximate surface area is 145 Å². The summed E-state index contributed by atoms with van der Waals surface area (Å²) < 4.78 is 5.69. The number of hydrogen-bond acceptors (Lipinski definition) is 4. The van der Waals surface area contributed by atoms with E-state index in [0.29, 0.717) is 23.7 Å². The molecule has 0 unspecified atom stereocenters. The Morgan fingerprint density at radius 1 is 1.17 bits per heavy atom. The van der Waals surface area contributed by atoms with Crippen LogP contribution in [0.25, 0.3) is 0 Å². The highest BCUT2D eigenvalue weighted by Gasteiger charge is 2.14. The first-order valence-corrected chi connectivity index (χ1v) is 8.43. The van der Waals surface area contributed by atoms with Crippen molar-refractivity contribution in [2.24, 2.45) is 0 Å². The van der Waals surface area contributed by atoms with Gasteiger partial charge in [-0.2, -0.15) is 0 Å². The lowest BCUT2D eigenvalue weighted by atomic mass is 10.2. The van der Waals surface area contributed by atoms with Crippen LogP contribution in [0.2, 0.25) is 0 Å². The number of nitrogens with zero attached hydrogens (tertiary/aromatic N) is 2. The number of carbonyl (C=O) groups excluding carboxylic acids is 1. The molecule has 0 fully saturated rings. The fourth-order valence-electron chi connectivity index (χ4n) is 2.30. The minimum absolute atomic E-state index is 0.0543. The van der Waals surface area contributed by atoms with Crippen molar-refractivity contribution in [1.82, 2.24) is 9.88 Å². The van der Waals surface area contributed by atoms with Crippen LogP contribution in [-0.4, -0.2) is 22.8 Å². The number of pyridine rings is 1. The number of para-hydroxylation sites is 1. The Morgan fingerprint density at radius 3 is 2.67 bits per heavy atom. The fraction of sp³-hybridized carbons (Fsp3) is 0.158. The van der Waals surface area contributed by atoms with Gasteiger partial charge in [0.1, 0.15) is 5.75 Å². The van der Waals surface area contributed by atoms with E-state index >= 15 is 0 Å². The van der Waals surface area contributed by atoms with Gasteiger partial charge in [-0.3, -0.25) is 4.79 Å². The average Bonchev–Trinajstić information content (AvgIpc) is 3.00. The quantitative estimate of drug-likeness (QED) is 0.687. The molecule has 0 saturated heterocycles. The van der Waals surface area contributed by atoms with Crippen LogP contribution in [0.15, 0.2) is 60.8 Å². The summed E-state index contributed by atoms with van der Waals surface area (Å²) in [7, 11) is 1.80. The van der Waals surface area contributed by atoms with Crippen LogP contribution in [0.4, 0.5) is 0 Å². The van der Waals surface area contributed by atoms with Crippen molar-refractivity contribution in [3.05, 3.63) is 76.1 Å². The van der Waals surface area contributed by atoms with Gasteiger partial charge in [-0.25, -0.2) is 4.98 Å². The van der Waals surface area contributed by atoms with Crippen LogP contribution >= 0.6 is 11.3 Å². The molecule has 24 heavy (non-hydrogen) atoms. The second-order valence-corrected chi connectivity index (χ2v) is 6.84. The van der Waals surface area contributed by atoms with E-state index in [1.807, 2.05) is 30.3 Å². The Kier molecular flexibility index (Phi) is 4.91. The van der Waals surface area contributed by atoms with Crippen LogP contribution in [0.1, 0.15) is 20.1 Å². The zero-order valence-electron chi connectivity index (χ0n) is 13.6. The topological polar surface area (TPSA) is 42.4 Å². The lowest BCUT2D eigenvalue weighted by Crippen LogP contribution is -2.25. The summed E-state index contributed by atoms with van der Waals surface area (Å²) in [5, 5.41) is 0. The molecular formula is C19H18N2O2S. The molecule has 2 heterocycles. The number of aryl methyl sites for hydroxylation is 1. The predicted octanol–water partition coefficient (Wildman–Crippen LogP) is 4.52. The first-order valence-electron chi connectivity index (χ1n) is 7.61. The summed E-state index contributed by atoms with van der Waals surface area (Å²) in [5.41, 5.74) is 0.562. The summed E-state index contributed by atoms with van der Waals surface area (Å²) in [4.78, 5) is 20.9. The number of carbonyl (C=O) groups is 1. The highest BCUT2D eigenvalue weighted by atomic mass is 32.1. The van der Waals surface area contributed by atoms with E-state index in [2.05, 4.69) is 24.0 Å². The molecule has 0 atom stereocenters. The van der Waals surface area contributed by atoms with Crippen molar-refractivity contribution in [1.29, 1.82) is 0 Å². The van der Waals surface area contributed by atoms with E-state index in [1.165, 1.54) is 4.88 Å². The molecule has 0 saturated carbocycles. The highest BCUT2D eigenvalue weighted by molar-refractivity contribution is 7.11. The zero-order valence-corrected chi connectivity index (χ0v) is 14.4. The molecule has 4 nitrogen and oxygen atoms in total. The van der Waals surface area contributed by atoms with E-state index in [0.717, 1.165) is 4.88 Å². The van der Waals surface area contributed by atoms with E-state index < -0.39 is 0 Å². The third-order valence-electron chi connectivity index (χ3n) is 3.48. The largest absolute Gasteiger partial charge is 0.439 e. The van der Waals surface area contributed by atoms with Gasteiger partial charge in [-0.15, -0.1) is 11.3 Å². The molecule has 122 valence electrons. The number of ether oxygens (including phenoxy) is 1. The van der Waals surface area contributed by atoms with E-state index in [9.17, 15) is 4.79 Å². The molecule has 0 aliphatic heterocycles. The molecule has 0 N–H and O–H groups in total. The van der Waals surface area contributed by atoms with Gasteiger partial charge in [0.2, 0.25) is 5.88 Å². The molecule has 1 amide bonds. The van der Waals surface area contributed by atoms with Crippen molar-refractivity contribution in [2.45, 2.75) is 13.5 Å². The van der Waals surface area contributed by atoms with Crippen molar-refractivity contribution >= 4 is 17.2 Å². The van der Waals surface area contributed by atoms with Crippen LogP contribution in [0, 0.1) is 6.92 Å². The maximum atomic E-state index is 12.6. The molecular weight excluding hydrogens is 320 g/mol. The number of thiophene rings is 1. The number of hydrogen-bond donors (Lipinski definition) is 0. The molecule has 3 aromatic rings. The van der Waals surface area contributed by atoms with Crippen LogP contribution in [-0.2, 0) is 6.54 Å². The molecule has 3 rings (SSSR count). The molecule has 2 aromatic heterocycles. The Morgan fingerprint density at radius 2 is 1.96 bits per heavy atom. The van der Waals surface area contributed by atoms with Gasteiger partial charge in [0, 0.05) is 34.6 Å². The van der Waals surface area contributed by atoms with Crippen molar-refractivity contribution in [3.8, 4) is 11.6 Å². The minimum Gasteiger partial charge on any atom is -0.439 e. The highest BCUT2D eigenvalue weighted by Crippen LogP contribution is 2.21. The summed E-state index contributed by atoms with van der Waals surface area (Å²) in [6, 6.07) is 16.9. The molecule has 0 aliphatic carbocycles. The number of rotatable bonds is 5. The van der Waals surface area contributed by atoms with Gasteiger partial charge in [-0.1, -0.05) is 18.2 Å². The van der Waals surface area contributed by atoms with Gasteiger partial charge >= 0.3 is 0 Å². The third-order valence-corrected chi connectivity index (χ3v) is 4.47. The fourth-order valence-corrected chi connectivity index (χ4v) is 3.25. The maximum absolute atomic E-state index is 12.6. The van der Waals surface area contributed by atoms with Gasteiger partial charge in [0.25, 0.3) is 5.91 Å². The molecule has 0 bridgehead atoms.